The van der Waals surface area contributed by atoms with E-state index in [1.807, 2.05) is 0 Å². The SMILES string of the molecule is Cc1cc(NC(=O)CSc2nnc(-c3ccco3)o2)n(C2CCS(=O)(=O)C2)n1. The predicted molar refractivity (Wildman–Crippen MR) is 101 cm³/mol. The van der Waals surface area contributed by atoms with Crippen LogP contribution in [0.2, 0.25) is 0 Å². The molecule has 148 valence electrons. The number of furan rings is 1. The van der Waals surface area contributed by atoms with Gasteiger partial charge in [0.2, 0.25) is 5.91 Å². The van der Waals surface area contributed by atoms with E-state index in [0.717, 1.165) is 11.8 Å². The molecule has 0 aliphatic carbocycles. The van der Waals surface area contributed by atoms with Crippen LogP contribution in [0.3, 0.4) is 0 Å². The van der Waals surface area contributed by atoms with Crippen LogP contribution in [-0.2, 0) is 14.6 Å². The van der Waals surface area contributed by atoms with Crippen molar-refractivity contribution in [3.8, 4) is 11.7 Å². The maximum atomic E-state index is 12.3. The van der Waals surface area contributed by atoms with Crippen molar-refractivity contribution >= 4 is 33.3 Å². The molecule has 3 aromatic heterocycles. The lowest BCUT2D eigenvalue weighted by molar-refractivity contribution is -0.113. The monoisotopic (exact) mass is 423 g/mol. The van der Waals surface area contributed by atoms with Gasteiger partial charge in [-0.25, -0.2) is 13.1 Å². The van der Waals surface area contributed by atoms with Gasteiger partial charge in [0, 0.05) is 6.07 Å². The fourth-order valence-electron chi connectivity index (χ4n) is 2.93. The Hall–Kier alpha value is -2.60. The van der Waals surface area contributed by atoms with Crippen molar-refractivity contribution in [3.05, 3.63) is 30.2 Å². The van der Waals surface area contributed by atoms with Crippen LogP contribution in [0, 0.1) is 6.92 Å². The average Bonchev–Trinajstić information content (AvgIpc) is 3.39. The highest BCUT2D eigenvalue weighted by atomic mass is 32.2. The van der Waals surface area contributed by atoms with Gasteiger partial charge >= 0.3 is 0 Å². The van der Waals surface area contributed by atoms with Gasteiger partial charge in [-0.2, -0.15) is 5.10 Å². The van der Waals surface area contributed by atoms with Crippen molar-refractivity contribution in [3.63, 3.8) is 0 Å². The minimum atomic E-state index is -3.06. The van der Waals surface area contributed by atoms with Gasteiger partial charge in [0.05, 0.1) is 35.3 Å². The molecule has 1 unspecified atom stereocenters. The normalized spacial score (nSPS) is 18.4. The van der Waals surface area contributed by atoms with E-state index < -0.39 is 9.84 Å². The third-order valence-electron chi connectivity index (χ3n) is 4.14. The number of sulfone groups is 1. The van der Waals surface area contributed by atoms with Gasteiger partial charge in [-0.05, 0) is 25.5 Å². The van der Waals surface area contributed by atoms with Gasteiger partial charge in [0.25, 0.3) is 11.1 Å². The maximum Gasteiger partial charge on any atom is 0.284 e. The Bertz CT molecular complexity index is 1090. The highest BCUT2D eigenvalue weighted by Gasteiger charge is 2.31. The summed E-state index contributed by atoms with van der Waals surface area (Å²) in [4.78, 5) is 12.3. The molecule has 28 heavy (non-hydrogen) atoms. The smallest absolute Gasteiger partial charge is 0.284 e. The molecule has 1 saturated heterocycles. The van der Waals surface area contributed by atoms with E-state index in [9.17, 15) is 13.2 Å². The molecule has 1 amide bonds. The summed E-state index contributed by atoms with van der Waals surface area (Å²) in [5, 5.41) is 15.1. The number of aromatic nitrogens is 4. The highest BCUT2D eigenvalue weighted by Crippen LogP contribution is 2.28. The number of hydrogen-bond acceptors (Lipinski definition) is 9. The Morgan fingerprint density at radius 3 is 3.00 bits per heavy atom. The molecule has 1 fully saturated rings. The van der Waals surface area contributed by atoms with Gasteiger partial charge < -0.3 is 14.2 Å². The molecular formula is C16H17N5O5S2. The molecule has 1 atom stereocenters. The molecule has 12 heteroatoms. The largest absolute Gasteiger partial charge is 0.459 e. The Labute approximate surface area is 164 Å². The molecule has 3 aromatic rings. The zero-order valence-corrected chi connectivity index (χ0v) is 16.5. The second-order valence-electron chi connectivity index (χ2n) is 6.36. The van der Waals surface area contributed by atoms with Gasteiger partial charge in [-0.1, -0.05) is 11.8 Å². The number of rotatable bonds is 6. The van der Waals surface area contributed by atoms with E-state index in [-0.39, 0.29) is 40.3 Å². The van der Waals surface area contributed by atoms with Crippen LogP contribution in [0.15, 0.2) is 38.5 Å². The molecular weight excluding hydrogens is 406 g/mol. The standard InChI is InChI=1S/C16H17N5O5S2/c1-10-7-13(21(20-10)11-4-6-28(23,24)9-11)17-14(22)8-27-16-19-18-15(26-16)12-3-2-5-25-12/h2-3,5,7,11H,4,6,8-9H2,1H3,(H,17,22). The van der Waals surface area contributed by atoms with E-state index in [1.165, 1.54) is 6.26 Å². The topological polar surface area (TPSA) is 133 Å². The molecule has 0 bridgehead atoms. The lowest BCUT2D eigenvalue weighted by Gasteiger charge is -2.13. The summed E-state index contributed by atoms with van der Waals surface area (Å²) in [6, 6.07) is 4.85. The second kappa shape index (κ2) is 7.43. The van der Waals surface area contributed by atoms with Crippen LogP contribution in [0.4, 0.5) is 5.82 Å². The van der Waals surface area contributed by atoms with E-state index in [2.05, 4.69) is 20.6 Å². The quantitative estimate of drug-likeness (QED) is 0.590. The number of anilines is 1. The summed E-state index contributed by atoms with van der Waals surface area (Å²) in [7, 11) is -3.06. The van der Waals surface area contributed by atoms with Crippen molar-refractivity contribution in [1.82, 2.24) is 20.0 Å². The second-order valence-corrected chi connectivity index (χ2v) is 9.51. The number of carbonyl (C=O) groups excluding carboxylic acids is 1. The Morgan fingerprint density at radius 1 is 1.43 bits per heavy atom. The van der Waals surface area contributed by atoms with E-state index in [4.69, 9.17) is 8.83 Å². The Morgan fingerprint density at radius 2 is 2.29 bits per heavy atom. The molecule has 0 radical (unpaired) electrons. The van der Waals surface area contributed by atoms with Crippen molar-refractivity contribution < 1.29 is 22.0 Å². The summed E-state index contributed by atoms with van der Waals surface area (Å²) in [5.41, 5.74) is 0.701. The number of carbonyl (C=O) groups is 1. The van der Waals surface area contributed by atoms with E-state index in [0.29, 0.717) is 23.7 Å². The van der Waals surface area contributed by atoms with Gasteiger partial charge in [0.1, 0.15) is 5.82 Å². The number of amides is 1. The van der Waals surface area contributed by atoms with Crippen molar-refractivity contribution in [2.75, 3.05) is 22.6 Å². The minimum absolute atomic E-state index is 0.0310. The van der Waals surface area contributed by atoms with Crippen LogP contribution in [-0.4, -0.2) is 51.6 Å². The lowest BCUT2D eigenvalue weighted by Crippen LogP contribution is -2.20. The number of thioether (sulfide) groups is 1. The summed E-state index contributed by atoms with van der Waals surface area (Å²) in [6.07, 6.45) is 1.99. The molecule has 10 nitrogen and oxygen atoms in total. The summed E-state index contributed by atoms with van der Waals surface area (Å²) < 4.78 is 35.7. The average molecular weight is 423 g/mol. The third kappa shape index (κ3) is 4.12. The van der Waals surface area contributed by atoms with Crippen LogP contribution < -0.4 is 5.32 Å². The summed E-state index contributed by atoms with van der Waals surface area (Å²) in [6.45, 7) is 1.79. The first-order chi connectivity index (χ1) is 13.4. The maximum absolute atomic E-state index is 12.3. The Balaban J connectivity index is 1.38. The molecule has 4 heterocycles. The molecule has 1 N–H and O–H groups in total. The molecule has 0 saturated carbocycles. The van der Waals surface area contributed by atoms with Crippen LogP contribution >= 0.6 is 11.8 Å². The fraction of sp³-hybridized carbons (Fsp3) is 0.375. The van der Waals surface area contributed by atoms with Crippen LogP contribution in [0.5, 0.6) is 0 Å². The van der Waals surface area contributed by atoms with Crippen molar-refractivity contribution in [2.24, 2.45) is 0 Å². The molecule has 0 spiro atoms. The Kier molecular flexibility index (Phi) is 4.98. The van der Waals surface area contributed by atoms with Crippen molar-refractivity contribution in [2.45, 2.75) is 24.6 Å². The van der Waals surface area contributed by atoms with Crippen molar-refractivity contribution in [1.29, 1.82) is 0 Å². The summed E-state index contributed by atoms with van der Waals surface area (Å²) in [5.74, 6) is 1.10. The zero-order valence-electron chi connectivity index (χ0n) is 14.9. The zero-order chi connectivity index (χ0) is 19.7. The van der Waals surface area contributed by atoms with Crippen LogP contribution in [0.1, 0.15) is 18.2 Å². The summed E-state index contributed by atoms with van der Waals surface area (Å²) >= 11 is 1.09. The first-order valence-corrected chi connectivity index (χ1v) is 11.3. The molecule has 4 rings (SSSR count). The predicted octanol–water partition coefficient (Wildman–Crippen LogP) is 1.92. The first kappa shape index (κ1) is 18.7. The van der Waals surface area contributed by atoms with Gasteiger partial charge in [-0.15, -0.1) is 10.2 Å². The molecule has 0 aromatic carbocycles. The number of nitrogens with zero attached hydrogens (tertiary/aromatic N) is 4. The van der Waals surface area contributed by atoms with Gasteiger partial charge in [0.15, 0.2) is 15.6 Å². The molecule has 1 aliphatic rings. The lowest BCUT2D eigenvalue weighted by atomic mass is 10.3. The number of aryl methyl sites for hydroxylation is 1. The highest BCUT2D eigenvalue weighted by molar-refractivity contribution is 7.99. The number of hydrogen-bond donors (Lipinski definition) is 1. The third-order valence-corrected chi connectivity index (χ3v) is 6.71. The number of nitrogens with one attached hydrogen (secondary N) is 1. The molecule has 1 aliphatic heterocycles. The fourth-order valence-corrected chi connectivity index (χ4v) is 5.19. The van der Waals surface area contributed by atoms with Crippen LogP contribution in [0.25, 0.3) is 11.7 Å². The first-order valence-electron chi connectivity index (χ1n) is 8.46. The van der Waals surface area contributed by atoms with E-state index in [1.54, 1.807) is 29.8 Å². The van der Waals surface area contributed by atoms with Gasteiger partial charge in [-0.3, -0.25) is 4.79 Å². The van der Waals surface area contributed by atoms with E-state index >= 15 is 0 Å². The minimum Gasteiger partial charge on any atom is -0.459 e.